The van der Waals surface area contributed by atoms with Gasteiger partial charge in [0.05, 0.1) is 0 Å². The molecule has 0 nitrogen and oxygen atoms in total. The average molecular weight is 507 g/mol. The molecule has 9 rings (SSSR count). The predicted molar refractivity (Wildman–Crippen MR) is 173 cm³/mol. The van der Waals surface area contributed by atoms with E-state index in [2.05, 4.69) is 133 Å². The normalized spacial score (nSPS) is 13.0. The Balaban J connectivity index is 1.50. The molecule has 0 radical (unpaired) electrons. The first-order valence-electron chi connectivity index (χ1n) is 14.3. The van der Waals surface area contributed by atoms with E-state index in [1.54, 1.807) is 0 Å². The minimum atomic E-state index is 1.09. The van der Waals surface area contributed by atoms with Crippen LogP contribution in [0.4, 0.5) is 0 Å². The zero-order valence-electron chi connectivity index (χ0n) is 22.1. The van der Waals surface area contributed by atoms with Crippen molar-refractivity contribution in [1.82, 2.24) is 0 Å². The van der Waals surface area contributed by atoms with Gasteiger partial charge in [0, 0.05) is 0 Å². The fraction of sp³-hybridized carbons (Fsp3) is 0.0500. The molecule has 0 spiro atoms. The molecular weight excluding hydrogens is 480 g/mol. The molecular formula is C40H26. The highest BCUT2D eigenvalue weighted by atomic mass is 14.2. The van der Waals surface area contributed by atoms with Gasteiger partial charge in [0.2, 0.25) is 0 Å². The Morgan fingerprint density at radius 2 is 0.975 bits per heavy atom. The van der Waals surface area contributed by atoms with Crippen LogP contribution in [0, 0.1) is 0 Å². The molecule has 0 atom stereocenters. The smallest absolute Gasteiger partial charge is 0.00200 e. The molecule has 0 fully saturated rings. The molecule has 0 saturated heterocycles. The topological polar surface area (TPSA) is 0 Å². The predicted octanol–water partition coefficient (Wildman–Crippen LogP) is 10.2. The SMILES string of the molecule is C1=c2ccc3cccc4c(-c5c6ccccc6c(-c6cccc7ccccc67)c6ccccc56)cc(c2c34)CC1. The van der Waals surface area contributed by atoms with Crippen LogP contribution in [0.1, 0.15) is 12.0 Å². The Kier molecular flexibility index (Phi) is 4.54. The van der Waals surface area contributed by atoms with Gasteiger partial charge in [-0.2, -0.15) is 0 Å². The molecule has 1 aliphatic carbocycles. The molecule has 8 aromatic rings. The molecule has 0 N–H and O–H groups in total. The van der Waals surface area contributed by atoms with Gasteiger partial charge in [0.25, 0.3) is 0 Å². The van der Waals surface area contributed by atoms with Crippen LogP contribution in [0.5, 0.6) is 0 Å². The van der Waals surface area contributed by atoms with Crippen molar-refractivity contribution < 1.29 is 0 Å². The fourth-order valence-corrected chi connectivity index (χ4v) is 7.40. The average Bonchev–Trinajstić information content (AvgIpc) is 3.02. The van der Waals surface area contributed by atoms with Gasteiger partial charge in [-0.05, 0) is 106 Å². The Labute approximate surface area is 232 Å². The number of fused-ring (bicyclic) bond motifs is 3. The van der Waals surface area contributed by atoms with Crippen LogP contribution in [-0.2, 0) is 6.42 Å². The zero-order valence-corrected chi connectivity index (χ0v) is 22.1. The van der Waals surface area contributed by atoms with Crippen molar-refractivity contribution in [3.63, 3.8) is 0 Å². The van der Waals surface area contributed by atoms with Crippen LogP contribution >= 0.6 is 0 Å². The van der Waals surface area contributed by atoms with Gasteiger partial charge in [-0.1, -0.05) is 127 Å². The van der Waals surface area contributed by atoms with E-state index in [4.69, 9.17) is 0 Å². The van der Waals surface area contributed by atoms with E-state index < -0.39 is 0 Å². The van der Waals surface area contributed by atoms with E-state index in [1.807, 2.05) is 0 Å². The fourth-order valence-electron chi connectivity index (χ4n) is 7.40. The van der Waals surface area contributed by atoms with Gasteiger partial charge in [0.1, 0.15) is 0 Å². The summed E-state index contributed by atoms with van der Waals surface area (Å²) in [5.41, 5.74) is 6.79. The van der Waals surface area contributed by atoms with Crippen LogP contribution in [0.25, 0.3) is 82.2 Å². The molecule has 0 bridgehead atoms. The van der Waals surface area contributed by atoms with Crippen LogP contribution in [-0.4, -0.2) is 0 Å². The van der Waals surface area contributed by atoms with Gasteiger partial charge >= 0.3 is 0 Å². The maximum atomic E-state index is 2.51. The second-order valence-electron chi connectivity index (χ2n) is 11.1. The van der Waals surface area contributed by atoms with Gasteiger partial charge in [-0.3, -0.25) is 0 Å². The Morgan fingerprint density at radius 3 is 1.73 bits per heavy atom. The molecule has 1 aliphatic rings. The van der Waals surface area contributed by atoms with Gasteiger partial charge in [0.15, 0.2) is 0 Å². The molecule has 8 aromatic carbocycles. The van der Waals surface area contributed by atoms with Crippen LogP contribution in [0.3, 0.4) is 0 Å². The third-order valence-corrected chi connectivity index (χ3v) is 9.05. The van der Waals surface area contributed by atoms with Crippen molar-refractivity contribution >= 4 is 59.9 Å². The summed E-state index contributed by atoms with van der Waals surface area (Å²) in [5.74, 6) is 0. The largest absolute Gasteiger partial charge is 0.0763 e. The zero-order chi connectivity index (χ0) is 26.2. The molecule has 0 aromatic heterocycles. The lowest BCUT2D eigenvalue weighted by molar-refractivity contribution is 1.04. The minimum Gasteiger partial charge on any atom is -0.0763 e. The lowest BCUT2D eigenvalue weighted by atomic mass is 9.81. The van der Waals surface area contributed by atoms with Crippen LogP contribution in [0.2, 0.25) is 0 Å². The molecule has 0 amide bonds. The first-order valence-corrected chi connectivity index (χ1v) is 14.3. The summed E-state index contributed by atoms with van der Waals surface area (Å²) in [5, 5.41) is 14.7. The summed E-state index contributed by atoms with van der Waals surface area (Å²) < 4.78 is 0. The highest BCUT2D eigenvalue weighted by Gasteiger charge is 2.21. The molecule has 0 unspecified atom stereocenters. The minimum absolute atomic E-state index is 1.09. The summed E-state index contributed by atoms with van der Waals surface area (Å²) in [6, 6.07) is 47.5. The first-order chi connectivity index (χ1) is 19.9. The van der Waals surface area contributed by atoms with E-state index in [9.17, 15) is 0 Å². The quantitative estimate of drug-likeness (QED) is 0.205. The van der Waals surface area contributed by atoms with Crippen molar-refractivity contribution in [2.75, 3.05) is 0 Å². The number of benzene rings is 8. The maximum Gasteiger partial charge on any atom is -0.00200 e. The Morgan fingerprint density at radius 1 is 0.400 bits per heavy atom. The monoisotopic (exact) mass is 506 g/mol. The second-order valence-corrected chi connectivity index (χ2v) is 11.1. The highest BCUT2D eigenvalue weighted by molar-refractivity contribution is 6.27. The molecule has 0 heterocycles. The van der Waals surface area contributed by atoms with Crippen LogP contribution < -0.4 is 5.22 Å². The lowest BCUT2D eigenvalue weighted by Gasteiger charge is -2.22. The third kappa shape index (κ3) is 2.96. The van der Waals surface area contributed by atoms with Crippen molar-refractivity contribution in [3.05, 3.63) is 138 Å². The summed E-state index contributed by atoms with van der Waals surface area (Å²) in [6.45, 7) is 0. The number of hydrogen-bond donors (Lipinski definition) is 0. The van der Waals surface area contributed by atoms with E-state index in [1.165, 1.54) is 86.9 Å². The van der Waals surface area contributed by atoms with E-state index in [-0.39, 0.29) is 0 Å². The molecule has 0 aliphatic heterocycles. The second kappa shape index (κ2) is 8.28. The Hall–Kier alpha value is -4.94. The molecule has 0 heteroatoms. The number of rotatable bonds is 2. The molecule has 0 saturated carbocycles. The van der Waals surface area contributed by atoms with E-state index >= 15 is 0 Å². The summed E-state index contributed by atoms with van der Waals surface area (Å²) >= 11 is 0. The van der Waals surface area contributed by atoms with Crippen molar-refractivity contribution in [1.29, 1.82) is 0 Å². The highest BCUT2D eigenvalue weighted by Crippen LogP contribution is 2.47. The molecule has 186 valence electrons. The van der Waals surface area contributed by atoms with Gasteiger partial charge < -0.3 is 0 Å². The van der Waals surface area contributed by atoms with Crippen molar-refractivity contribution in [2.24, 2.45) is 0 Å². The van der Waals surface area contributed by atoms with E-state index in [0.717, 1.165) is 12.8 Å². The third-order valence-electron chi connectivity index (χ3n) is 9.05. The lowest BCUT2D eigenvalue weighted by Crippen LogP contribution is -2.10. The number of hydrogen-bond acceptors (Lipinski definition) is 0. The van der Waals surface area contributed by atoms with E-state index in [0.29, 0.717) is 0 Å². The van der Waals surface area contributed by atoms with Gasteiger partial charge in [-0.25, -0.2) is 0 Å². The summed E-state index contributed by atoms with van der Waals surface area (Å²) in [4.78, 5) is 0. The number of aryl methyl sites for hydroxylation is 1. The first kappa shape index (κ1) is 21.9. The summed E-state index contributed by atoms with van der Waals surface area (Å²) in [6.07, 6.45) is 4.60. The van der Waals surface area contributed by atoms with Gasteiger partial charge in [-0.15, -0.1) is 0 Å². The standard InChI is InChI=1S/C40H26/c1-2-15-29-25(10-1)11-8-20-30(29)39-31-16-3-5-18-33(31)40(34-19-6-4-17-32(34)39)36-24-28-14-7-12-26-22-23-27-13-9-21-35(36)38(27)37(26)28/h1-6,8-13,15-24H,7,14H2. The van der Waals surface area contributed by atoms with Crippen molar-refractivity contribution in [3.8, 4) is 22.3 Å². The van der Waals surface area contributed by atoms with Crippen LogP contribution in [0.15, 0.2) is 127 Å². The molecule has 40 heavy (non-hydrogen) atoms. The van der Waals surface area contributed by atoms with Crippen molar-refractivity contribution in [2.45, 2.75) is 12.8 Å². The Bertz CT molecular complexity index is 2310. The summed E-state index contributed by atoms with van der Waals surface area (Å²) in [7, 11) is 0. The maximum absolute atomic E-state index is 2.51.